The zero-order valence-corrected chi connectivity index (χ0v) is 16.0. The Balaban J connectivity index is 0.000000620. The quantitative estimate of drug-likeness (QED) is 0.246. The van der Waals surface area contributed by atoms with Crippen molar-refractivity contribution in [1.29, 1.82) is 0 Å². The Morgan fingerprint density at radius 1 is 0.833 bits per heavy atom. The molecule has 5 nitrogen and oxygen atoms in total. The van der Waals surface area contributed by atoms with Crippen LogP contribution in [-0.4, -0.2) is 19.6 Å². The summed E-state index contributed by atoms with van der Waals surface area (Å²) in [5, 5.41) is 0. The molecule has 0 saturated carbocycles. The Morgan fingerprint density at radius 3 is 1.67 bits per heavy atom. The molecule has 0 saturated heterocycles. The first-order valence-electron chi connectivity index (χ1n) is 8.96. The van der Waals surface area contributed by atoms with E-state index in [1.54, 1.807) is 0 Å². The molecule has 0 aliphatic heterocycles. The van der Waals surface area contributed by atoms with Gasteiger partial charge >= 0.3 is 0 Å². The zero-order valence-electron chi connectivity index (χ0n) is 15.2. The van der Waals surface area contributed by atoms with Crippen LogP contribution in [0.25, 0.3) is 0 Å². The van der Waals surface area contributed by atoms with Crippen molar-refractivity contribution in [3.8, 4) is 0 Å². The van der Waals surface area contributed by atoms with E-state index in [9.17, 15) is 13.0 Å². The standard InChI is InChI=1S/C12H26O4S.C6H8N/c1-2-3-4-5-6-7-8-9-10-11-12-16-17(13,14)15;1-7-5-3-2-4-6-7/h2-12H2,1H3,(H,13,14,15);2-6H,1H3/q;+1/p-1. The van der Waals surface area contributed by atoms with Crippen molar-refractivity contribution < 1.29 is 21.7 Å². The van der Waals surface area contributed by atoms with Crippen molar-refractivity contribution in [3.05, 3.63) is 30.6 Å². The van der Waals surface area contributed by atoms with Crippen molar-refractivity contribution in [2.75, 3.05) is 6.61 Å². The third kappa shape index (κ3) is 19.1. The van der Waals surface area contributed by atoms with E-state index in [2.05, 4.69) is 11.1 Å². The second kappa shape index (κ2) is 15.5. The SMILES string of the molecule is CCCCCCCCCCCCOS(=O)(=O)[O-].C[n+]1ccccc1. The number of aromatic nitrogens is 1. The Kier molecular flexibility index (Phi) is 14.9. The Bertz CT molecular complexity index is 477. The van der Waals surface area contributed by atoms with Gasteiger partial charge in [-0.3, -0.25) is 4.18 Å². The lowest BCUT2D eigenvalue weighted by Crippen LogP contribution is -2.25. The highest BCUT2D eigenvalue weighted by Crippen LogP contribution is 2.10. The minimum atomic E-state index is -4.48. The lowest BCUT2D eigenvalue weighted by atomic mass is 10.1. The van der Waals surface area contributed by atoms with Gasteiger partial charge in [0, 0.05) is 12.1 Å². The van der Waals surface area contributed by atoms with Gasteiger partial charge in [-0.25, -0.2) is 13.0 Å². The van der Waals surface area contributed by atoms with Crippen LogP contribution in [-0.2, 0) is 21.6 Å². The summed E-state index contributed by atoms with van der Waals surface area (Å²) in [4.78, 5) is 0. The van der Waals surface area contributed by atoms with Crippen LogP contribution >= 0.6 is 0 Å². The number of rotatable bonds is 12. The van der Waals surface area contributed by atoms with Crippen LogP contribution in [0, 0.1) is 0 Å². The second-order valence-electron chi connectivity index (χ2n) is 5.95. The maximum absolute atomic E-state index is 10.1. The molecule has 0 radical (unpaired) electrons. The summed E-state index contributed by atoms with van der Waals surface area (Å²) in [5.41, 5.74) is 0. The maximum Gasteiger partial charge on any atom is 0.217 e. The van der Waals surface area contributed by atoms with Crippen LogP contribution < -0.4 is 4.57 Å². The Morgan fingerprint density at radius 2 is 1.29 bits per heavy atom. The first-order chi connectivity index (χ1) is 11.5. The molecule has 0 bridgehead atoms. The van der Waals surface area contributed by atoms with Crippen molar-refractivity contribution in [2.24, 2.45) is 7.05 Å². The van der Waals surface area contributed by atoms with Gasteiger partial charge in [0.25, 0.3) is 0 Å². The van der Waals surface area contributed by atoms with Crippen LogP contribution in [0.3, 0.4) is 0 Å². The molecule has 140 valence electrons. The number of pyridine rings is 1. The van der Waals surface area contributed by atoms with Crippen molar-refractivity contribution >= 4 is 10.4 Å². The average Bonchev–Trinajstić information content (AvgIpc) is 2.53. The van der Waals surface area contributed by atoms with E-state index in [0.29, 0.717) is 6.42 Å². The second-order valence-corrected chi connectivity index (χ2v) is 7.01. The number of nitrogens with zero attached hydrogens (tertiary/aromatic N) is 1. The minimum Gasteiger partial charge on any atom is -0.726 e. The van der Waals surface area contributed by atoms with Crippen molar-refractivity contribution in [1.82, 2.24) is 0 Å². The van der Waals surface area contributed by atoms with Crippen LogP contribution in [0.4, 0.5) is 0 Å². The van der Waals surface area contributed by atoms with E-state index >= 15 is 0 Å². The van der Waals surface area contributed by atoms with Gasteiger partial charge in [0.15, 0.2) is 12.4 Å². The molecule has 0 aliphatic rings. The van der Waals surface area contributed by atoms with Gasteiger partial charge in [-0.05, 0) is 6.42 Å². The summed E-state index contributed by atoms with van der Waals surface area (Å²) < 4.78 is 36.5. The molecule has 1 rings (SSSR count). The number of aryl methyl sites for hydroxylation is 1. The maximum atomic E-state index is 10.1. The van der Waals surface area contributed by atoms with Crippen LogP contribution in [0.1, 0.15) is 71.1 Å². The van der Waals surface area contributed by atoms with Gasteiger partial charge in [-0.1, -0.05) is 70.8 Å². The van der Waals surface area contributed by atoms with Gasteiger partial charge in [0.2, 0.25) is 10.4 Å². The number of hydrogen-bond donors (Lipinski definition) is 0. The first-order valence-corrected chi connectivity index (χ1v) is 10.3. The third-order valence-electron chi connectivity index (χ3n) is 3.59. The molecule has 24 heavy (non-hydrogen) atoms. The average molecular weight is 360 g/mol. The fraction of sp³-hybridized carbons (Fsp3) is 0.722. The molecule has 0 aliphatic carbocycles. The molecule has 0 N–H and O–H groups in total. The molecular weight excluding hydrogens is 326 g/mol. The summed E-state index contributed by atoms with van der Waals surface area (Å²) in [6, 6.07) is 6.00. The van der Waals surface area contributed by atoms with Crippen LogP contribution in [0.15, 0.2) is 30.6 Å². The summed E-state index contributed by atoms with van der Waals surface area (Å²) in [6.07, 6.45) is 15.7. The highest BCUT2D eigenvalue weighted by Gasteiger charge is 1.95. The fourth-order valence-corrected chi connectivity index (χ4v) is 2.56. The Labute approximate surface area is 148 Å². The molecule has 1 aromatic heterocycles. The number of unbranched alkanes of at least 4 members (excludes halogenated alkanes) is 9. The minimum absolute atomic E-state index is 0.0301. The van der Waals surface area contributed by atoms with Crippen LogP contribution in [0.5, 0.6) is 0 Å². The third-order valence-corrected chi connectivity index (χ3v) is 4.05. The van der Waals surface area contributed by atoms with E-state index in [1.165, 1.54) is 44.9 Å². The molecule has 0 fully saturated rings. The molecule has 0 amide bonds. The van der Waals surface area contributed by atoms with E-state index < -0.39 is 10.4 Å². The summed E-state index contributed by atoms with van der Waals surface area (Å²) >= 11 is 0. The van der Waals surface area contributed by atoms with Gasteiger partial charge in [-0.15, -0.1) is 0 Å². The van der Waals surface area contributed by atoms with E-state index in [0.717, 1.165) is 12.8 Å². The summed E-state index contributed by atoms with van der Waals surface area (Å²) in [7, 11) is -2.48. The molecule has 0 unspecified atom stereocenters. The largest absolute Gasteiger partial charge is 0.726 e. The molecule has 0 spiro atoms. The summed E-state index contributed by atoms with van der Waals surface area (Å²) in [6.45, 7) is 2.24. The normalized spacial score (nSPS) is 11.0. The molecule has 0 aromatic carbocycles. The molecule has 1 aromatic rings. The van der Waals surface area contributed by atoms with E-state index in [4.69, 9.17) is 0 Å². The molecule has 6 heteroatoms. The smallest absolute Gasteiger partial charge is 0.217 e. The van der Waals surface area contributed by atoms with Gasteiger partial charge in [0.05, 0.1) is 6.61 Å². The number of hydrogen-bond acceptors (Lipinski definition) is 4. The lowest BCUT2D eigenvalue weighted by Gasteiger charge is -2.06. The van der Waals surface area contributed by atoms with Gasteiger partial charge < -0.3 is 4.55 Å². The van der Waals surface area contributed by atoms with Crippen molar-refractivity contribution in [2.45, 2.75) is 71.1 Å². The summed E-state index contributed by atoms with van der Waals surface area (Å²) in [5.74, 6) is 0. The highest BCUT2D eigenvalue weighted by atomic mass is 32.3. The first kappa shape index (κ1) is 23.0. The van der Waals surface area contributed by atoms with E-state index in [-0.39, 0.29) is 6.61 Å². The zero-order chi connectivity index (χ0) is 18.1. The predicted molar refractivity (Wildman–Crippen MR) is 95.1 cm³/mol. The van der Waals surface area contributed by atoms with Gasteiger partial charge in [-0.2, -0.15) is 0 Å². The van der Waals surface area contributed by atoms with Crippen LogP contribution in [0.2, 0.25) is 0 Å². The predicted octanol–water partition coefficient (Wildman–Crippen LogP) is 3.90. The topological polar surface area (TPSA) is 70.3 Å². The molecular formula is C18H33NO4S. The lowest BCUT2D eigenvalue weighted by molar-refractivity contribution is -0.671. The molecule has 1 heterocycles. The molecule has 0 atom stereocenters. The Hall–Kier alpha value is -0.980. The monoisotopic (exact) mass is 359 g/mol. The fourth-order valence-electron chi connectivity index (χ4n) is 2.24. The van der Waals surface area contributed by atoms with E-state index in [1.807, 2.05) is 42.2 Å². The highest BCUT2D eigenvalue weighted by molar-refractivity contribution is 7.80. The van der Waals surface area contributed by atoms with Gasteiger partial charge in [0.1, 0.15) is 7.05 Å². The van der Waals surface area contributed by atoms with Crippen molar-refractivity contribution in [3.63, 3.8) is 0 Å².